The average molecular weight is 473 g/mol. The van der Waals surface area contributed by atoms with Crippen LogP contribution in [0.1, 0.15) is 10.4 Å². The molecule has 13 heteroatoms. The first-order valence-corrected chi connectivity index (χ1v) is 10.6. The van der Waals surface area contributed by atoms with Crippen molar-refractivity contribution >= 4 is 71.1 Å². The van der Waals surface area contributed by atoms with Crippen LogP contribution in [0.2, 0.25) is 5.15 Å². The first-order valence-electron chi connectivity index (χ1n) is 8.59. The van der Waals surface area contributed by atoms with Gasteiger partial charge in [-0.2, -0.15) is 4.98 Å². The summed E-state index contributed by atoms with van der Waals surface area (Å²) in [5.41, 5.74) is 7.19. The molecule has 1 aromatic carbocycles. The van der Waals surface area contributed by atoms with Crippen LogP contribution in [0.25, 0.3) is 20.7 Å². The number of aromatic nitrogens is 6. The van der Waals surface area contributed by atoms with E-state index in [-0.39, 0.29) is 11.1 Å². The van der Waals surface area contributed by atoms with Crippen molar-refractivity contribution in [2.24, 2.45) is 0 Å². The Morgan fingerprint density at radius 1 is 1.00 bits per heavy atom. The summed E-state index contributed by atoms with van der Waals surface area (Å²) in [4.78, 5) is 37.4. The molecule has 156 valence electrons. The molecule has 0 spiro atoms. The summed E-state index contributed by atoms with van der Waals surface area (Å²) in [5.74, 6) is 0.247. The third kappa shape index (κ3) is 4.66. The third-order valence-corrected chi connectivity index (χ3v) is 5.73. The lowest BCUT2D eigenvalue weighted by Gasteiger charge is -2.00. The van der Waals surface area contributed by atoms with E-state index in [1.54, 1.807) is 24.3 Å². The summed E-state index contributed by atoms with van der Waals surface area (Å²) in [6.45, 7) is 0. The van der Waals surface area contributed by atoms with Crippen LogP contribution in [0.3, 0.4) is 0 Å². The molecule has 0 radical (unpaired) electrons. The molecule has 0 atom stereocenters. The third-order valence-electron chi connectivity index (χ3n) is 3.78. The molecule has 5 rings (SSSR count). The van der Waals surface area contributed by atoms with Gasteiger partial charge in [-0.05, 0) is 12.1 Å². The minimum atomic E-state index is -0.219. The molecule has 4 aromatic heterocycles. The molecule has 0 aliphatic heterocycles. The largest absolute Gasteiger partial charge is 0.479 e. The van der Waals surface area contributed by atoms with Crippen LogP contribution in [-0.4, -0.2) is 42.9 Å². The predicted octanol–water partition coefficient (Wildman–Crippen LogP) is 3.67. The zero-order valence-electron chi connectivity index (χ0n) is 15.8. The quantitative estimate of drug-likeness (QED) is 0.376. The van der Waals surface area contributed by atoms with Crippen LogP contribution in [0.5, 0.6) is 5.88 Å². The Morgan fingerprint density at radius 2 is 1.71 bits per heavy atom. The summed E-state index contributed by atoms with van der Waals surface area (Å²) in [6.07, 6.45) is 2.80. The molecule has 0 bridgehead atoms. The fourth-order valence-corrected chi connectivity index (χ4v) is 4.14. The molecular formula is C18H13ClN8O2S2. The number of hydrogen-bond donors (Lipinski definition) is 2. The smallest absolute Gasteiger partial charge is 0.257 e. The number of nitrogens with one attached hydrogen (secondary N) is 1. The number of carbonyl (C=O) groups excluding carboxylic acids is 1. The van der Waals surface area contributed by atoms with Crippen LogP contribution >= 0.6 is 34.3 Å². The number of rotatable bonds is 3. The normalized spacial score (nSPS) is 10.5. The monoisotopic (exact) mass is 472 g/mol. The maximum atomic E-state index is 12.0. The Bertz CT molecular complexity index is 1360. The van der Waals surface area contributed by atoms with Crippen LogP contribution < -0.4 is 15.8 Å². The second kappa shape index (κ2) is 9.12. The van der Waals surface area contributed by atoms with Crippen molar-refractivity contribution in [3.05, 3.63) is 53.7 Å². The van der Waals surface area contributed by atoms with Crippen LogP contribution in [0, 0.1) is 0 Å². The van der Waals surface area contributed by atoms with Gasteiger partial charge in [0.2, 0.25) is 5.88 Å². The molecule has 10 nitrogen and oxygen atoms in total. The summed E-state index contributed by atoms with van der Waals surface area (Å²) in [6, 6.07) is 8.92. The van der Waals surface area contributed by atoms with Crippen LogP contribution in [0.4, 0.5) is 10.3 Å². The highest BCUT2D eigenvalue weighted by atomic mass is 35.5. The van der Waals surface area contributed by atoms with Gasteiger partial charge in [0.1, 0.15) is 23.0 Å². The van der Waals surface area contributed by atoms with Gasteiger partial charge in [-0.3, -0.25) is 10.1 Å². The Balaban J connectivity index is 0.000000166. The van der Waals surface area contributed by atoms with Gasteiger partial charge < -0.3 is 10.5 Å². The Hall–Kier alpha value is -3.48. The van der Waals surface area contributed by atoms with Gasteiger partial charge in [-0.15, -0.1) is 0 Å². The Morgan fingerprint density at radius 3 is 2.42 bits per heavy atom. The summed E-state index contributed by atoms with van der Waals surface area (Å²) in [7, 11) is 1.54. The minimum absolute atomic E-state index is 0.219. The molecular weight excluding hydrogens is 460 g/mol. The van der Waals surface area contributed by atoms with Crippen LogP contribution in [0.15, 0.2) is 43.0 Å². The zero-order chi connectivity index (χ0) is 21.8. The number of benzene rings is 1. The molecule has 3 N–H and O–H groups in total. The van der Waals surface area contributed by atoms with E-state index >= 15 is 0 Å². The number of halogens is 1. The number of fused-ring (bicyclic) bond motifs is 2. The molecule has 0 saturated carbocycles. The first-order chi connectivity index (χ1) is 15.0. The molecule has 1 amide bonds. The number of carbonyl (C=O) groups is 1. The lowest BCUT2D eigenvalue weighted by Crippen LogP contribution is -2.11. The van der Waals surface area contributed by atoms with Crippen molar-refractivity contribution in [2.75, 3.05) is 18.2 Å². The highest BCUT2D eigenvalue weighted by Gasteiger charge is 2.12. The second-order valence-electron chi connectivity index (χ2n) is 5.75. The van der Waals surface area contributed by atoms with Crippen molar-refractivity contribution in [2.45, 2.75) is 0 Å². The maximum Gasteiger partial charge on any atom is 0.257 e. The van der Waals surface area contributed by atoms with E-state index in [2.05, 4.69) is 35.2 Å². The van der Waals surface area contributed by atoms with Crippen molar-refractivity contribution < 1.29 is 9.53 Å². The lowest BCUT2D eigenvalue weighted by molar-refractivity contribution is 0.102. The highest BCUT2D eigenvalue weighted by Crippen LogP contribution is 2.28. The van der Waals surface area contributed by atoms with E-state index in [1.165, 1.54) is 42.4 Å². The number of nitrogen functional groups attached to an aromatic ring is 1. The Labute approximate surface area is 188 Å². The number of methoxy groups -OCH3 is 1. The fourth-order valence-electron chi connectivity index (χ4n) is 2.44. The minimum Gasteiger partial charge on any atom is -0.479 e. The van der Waals surface area contributed by atoms with Crippen LogP contribution in [-0.2, 0) is 0 Å². The zero-order valence-corrected chi connectivity index (χ0v) is 18.2. The second-order valence-corrected chi connectivity index (χ2v) is 8.09. The summed E-state index contributed by atoms with van der Waals surface area (Å²) in [5, 5.41) is 3.92. The number of hydrogen-bond acceptors (Lipinski definition) is 11. The summed E-state index contributed by atoms with van der Waals surface area (Å²) >= 11 is 8.48. The maximum absolute atomic E-state index is 12.0. The number of ether oxygens (including phenoxy) is 1. The first kappa shape index (κ1) is 20.8. The summed E-state index contributed by atoms with van der Waals surface area (Å²) < 4.78 is 4.98. The SMILES string of the molecule is COc1ncnc2sc(N)nc12.O=C(Nc1nc2c(Cl)ncnc2s1)c1ccccc1. The highest BCUT2D eigenvalue weighted by molar-refractivity contribution is 7.22. The van der Waals surface area contributed by atoms with E-state index in [4.69, 9.17) is 22.1 Å². The van der Waals surface area contributed by atoms with E-state index < -0.39 is 0 Å². The molecule has 0 aliphatic carbocycles. The standard InChI is InChI=1S/C12H7ClN4OS.C6H6N4OS/c13-9-8-11(15-6-14-9)19-12(16-8)17-10(18)7-4-2-1-3-5-7;1-11-4-3-5(9-2-8-4)12-6(7)10-3/h1-6H,(H,16,17,18);2H,1H3,(H2,7,10). The van der Waals surface area contributed by atoms with Gasteiger partial charge in [0, 0.05) is 5.56 Å². The van der Waals surface area contributed by atoms with E-state index in [0.717, 1.165) is 4.83 Å². The van der Waals surface area contributed by atoms with E-state index in [0.29, 0.717) is 37.6 Å². The topological polar surface area (TPSA) is 142 Å². The fraction of sp³-hybridized carbons (Fsp3) is 0.0556. The van der Waals surface area contributed by atoms with Gasteiger partial charge in [0.15, 0.2) is 25.8 Å². The number of thiazole rings is 2. The molecule has 0 saturated heterocycles. The Kier molecular flexibility index (Phi) is 6.11. The van der Waals surface area contributed by atoms with Crippen molar-refractivity contribution in [3.63, 3.8) is 0 Å². The van der Waals surface area contributed by atoms with E-state index in [1.807, 2.05) is 6.07 Å². The molecule has 5 aromatic rings. The molecule has 0 unspecified atom stereocenters. The van der Waals surface area contributed by atoms with Crippen molar-refractivity contribution in [3.8, 4) is 5.88 Å². The molecule has 4 heterocycles. The van der Waals surface area contributed by atoms with Gasteiger partial charge in [-0.1, -0.05) is 52.5 Å². The lowest BCUT2D eigenvalue weighted by atomic mass is 10.2. The molecule has 0 fully saturated rings. The molecule has 31 heavy (non-hydrogen) atoms. The molecule has 0 aliphatic rings. The van der Waals surface area contributed by atoms with E-state index in [9.17, 15) is 4.79 Å². The number of nitrogens with two attached hydrogens (primary N) is 1. The number of anilines is 2. The van der Waals surface area contributed by atoms with Crippen molar-refractivity contribution in [1.82, 2.24) is 29.9 Å². The predicted molar refractivity (Wildman–Crippen MR) is 121 cm³/mol. The van der Waals surface area contributed by atoms with Gasteiger partial charge >= 0.3 is 0 Å². The van der Waals surface area contributed by atoms with Crippen molar-refractivity contribution in [1.29, 1.82) is 0 Å². The average Bonchev–Trinajstić information content (AvgIpc) is 3.37. The van der Waals surface area contributed by atoms with Gasteiger partial charge in [0.25, 0.3) is 5.91 Å². The van der Waals surface area contributed by atoms with Gasteiger partial charge in [0.05, 0.1) is 7.11 Å². The number of amides is 1. The number of nitrogens with zero attached hydrogens (tertiary/aromatic N) is 6. The van der Waals surface area contributed by atoms with Gasteiger partial charge in [-0.25, -0.2) is 24.9 Å².